The summed E-state index contributed by atoms with van der Waals surface area (Å²) < 4.78 is 5.62. The summed E-state index contributed by atoms with van der Waals surface area (Å²) in [5.74, 6) is 3.38. The Kier molecular flexibility index (Phi) is 5.31. The normalized spacial score (nSPS) is 32.0. The van der Waals surface area contributed by atoms with Gasteiger partial charge in [0.25, 0.3) is 0 Å². The molecule has 0 saturated heterocycles. The van der Waals surface area contributed by atoms with Crippen LogP contribution >= 0.6 is 0 Å². The Bertz CT molecular complexity index is 234. The summed E-state index contributed by atoms with van der Waals surface area (Å²) in [6.45, 7) is 2.27. The van der Waals surface area contributed by atoms with E-state index in [9.17, 15) is 5.11 Å². The molecule has 1 fully saturated rings. The van der Waals surface area contributed by atoms with Crippen molar-refractivity contribution >= 4 is 0 Å². The molecular weight excluding hydrogens is 200 g/mol. The van der Waals surface area contributed by atoms with Crippen LogP contribution in [0.5, 0.6) is 0 Å². The molecule has 2 heteroatoms. The second-order valence-electron chi connectivity index (χ2n) is 5.06. The van der Waals surface area contributed by atoms with Crippen LogP contribution in [0.15, 0.2) is 0 Å². The predicted molar refractivity (Wildman–Crippen MR) is 66.1 cm³/mol. The summed E-state index contributed by atoms with van der Waals surface area (Å²) in [6.07, 6.45) is 11.5. The van der Waals surface area contributed by atoms with Crippen LogP contribution in [0.1, 0.15) is 51.9 Å². The molecule has 0 aromatic heterocycles. The monoisotopic (exact) mass is 224 g/mol. The predicted octanol–water partition coefficient (Wildman–Crippen LogP) is 2.75. The van der Waals surface area contributed by atoms with E-state index in [1.807, 2.05) is 0 Å². The van der Waals surface area contributed by atoms with Gasteiger partial charge in [-0.25, -0.2) is 0 Å². The zero-order valence-corrected chi connectivity index (χ0v) is 10.5. The number of unbranched alkanes of at least 4 members (excludes halogenated alkanes) is 1. The summed E-state index contributed by atoms with van der Waals surface area (Å²) in [5.41, 5.74) is -0.304. The minimum atomic E-state index is -0.363. The lowest BCUT2D eigenvalue weighted by Gasteiger charge is -2.41. The molecule has 1 unspecified atom stereocenters. The summed E-state index contributed by atoms with van der Waals surface area (Å²) >= 11 is 0. The number of rotatable bonds is 5. The Morgan fingerprint density at radius 1 is 1.50 bits per heavy atom. The van der Waals surface area contributed by atoms with Crippen LogP contribution < -0.4 is 0 Å². The highest BCUT2D eigenvalue weighted by atomic mass is 16.5. The van der Waals surface area contributed by atoms with Crippen molar-refractivity contribution in [2.24, 2.45) is 5.92 Å². The maximum Gasteiger partial charge on any atom is 0.0936 e. The first-order chi connectivity index (χ1) is 7.64. The second kappa shape index (κ2) is 6.27. The highest BCUT2D eigenvalue weighted by Gasteiger charge is 2.40. The van der Waals surface area contributed by atoms with E-state index in [0.717, 1.165) is 50.9 Å². The molecule has 1 rings (SSSR count). The van der Waals surface area contributed by atoms with Crippen LogP contribution in [0.3, 0.4) is 0 Å². The van der Waals surface area contributed by atoms with Crippen molar-refractivity contribution in [1.29, 1.82) is 0 Å². The first kappa shape index (κ1) is 13.5. The number of hydrogen-bond acceptors (Lipinski definition) is 2. The minimum absolute atomic E-state index is 0.304. The van der Waals surface area contributed by atoms with Gasteiger partial charge in [0.05, 0.1) is 11.7 Å². The molecular formula is C14H24O2. The van der Waals surface area contributed by atoms with Gasteiger partial charge in [-0.05, 0) is 44.4 Å². The van der Waals surface area contributed by atoms with Gasteiger partial charge in [-0.2, -0.15) is 0 Å². The van der Waals surface area contributed by atoms with Crippen LogP contribution in [-0.4, -0.2) is 23.9 Å². The van der Waals surface area contributed by atoms with E-state index in [4.69, 9.17) is 11.2 Å². The van der Waals surface area contributed by atoms with E-state index in [2.05, 4.69) is 12.8 Å². The SMILES string of the molecule is C#CCCCC(O)C1(OC)CCC(C)CC1. The van der Waals surface area contributed by atoms with Crippen LogP contribution in [0.4, 0.5) is 0 Å². The number of hydrogen-bond donors (Lipinski definition) is 1. The van der Waals surface area contributed by atoms with Gasteiger partial charge in [-0.3, -0.25) is 0 Å². The highest BCUT2D eigenvalue weighted by Crippen LogP contribution is 2.38. The minimum Gasteiger partial charge on any atom is -0.390 e. The molecule has 2 nitrogen and oxygen atoms in total. The van der Waals surface area contributed by atoms with Crippen LogP contribution in [0.25, 0.3) is 0 Å². The molecule has 0 aromatic carbocycles. The van der Waals surface area contributed by atoms with Crippen molar-refractivity contribution in [3.05, 3.63) is 0 Å². The summed E-state index contributed by atoms with van der Waals surface area (Å²) in [5, 5.41) is 10.2. The Balaban J connectivity index is 2.48. The number of methoxy groups -OCH3 is 1. The van der Waals surface area contributed by atoms with Crippen molar-refractivity contribution in [2.45, 2.75) is 63.6 Å². The molecule has 0 radical (unpaired) electrons. The van der Waals surface area contributed by atoms with Gasteiger partial charge in [-0.15, -0.1) is 12.3 Å². The fourth-order valence-corrected chi connectivity index (χ4v) is 2.58. The molecule has 0 aliphatic heterocycles. The largest absolute Gasteiger partial charge is 0.390 e. The molecule has 92 valence electrons. The number of ether oxygens (including phenoxy) is 1. The maximum atomic E-state index is 10.2. The van der Waals surface area contributed by atoms with Gasteiger partial charge in [0.15, 0.2) is 0 Å². The van der Waals surface area contributed by atoms with E-state index < -0.39 is 0 Å². The number of aliphatic hydroxyl groups excluding tert-OH is 1. The van der Waals surface area contributed by atoms with Crippen molar-refractivity contribution in [3.8, 4) is 12.3 Å². The Hall–Kier alpha value is -0.520. The van der Waals surface area contributed by atoms with Gasteiger partial charge in [0.1, 0.15) is 0 Å². The lowest BCUT2D eigenvalue weighted by Crippen LogP contribution is -2.46. The molecule has 0 amide bonds. The maximum absolute atomic E-state index is 10.2. The van der Waals surface area contributed by atoms with Crippen molar-refractivity contribution in [3.63, 3.8) is 0 Å². The van der Waals surface area contributed by atoms with E-state index in [-0.39, 0.29) is 11.7 Å². The highest BCUT2D eigenvalue weighted by molar-refractivity contribution is 4.93. The molecule has 0 aromatic rings. The topological polar surface area (TPSA) is 29.5 Å². The molecule has 1 atom stereocenters. The quantitative estimate of drug-likeness (QED) is 0.575. The molecule has 1 saturated carbocycles. The third-order valence-corrected chi connectivity index (χ3v) is 3.93. The lowest BCUT2D eigenvalue weighted by atomic mass is 9.75. The van der Waals surface area contributed by atoms with Gasteiger partial charge in [0.2, 0.25) is 0 Å². The molecule has 1 N–H and O–H groups in total. The molecule has 1 aliphatic rings. The third kappa shape index (κ3) is 3.23. The molecule has 16 heavy (non-hydrogen) atoms. The van der Waals surface area contributed by atoms with Crippen molar-refractivity contribution in [1.82, 2.24) is 0 Å². The van der Waals surface area contributed by atoms with E-state index in [1.54, 1.807) is 7.11 Å². The van der Waals surface area contributed by atoms with Gasteiger partial charge in [-0.1, -0.05) is 6.92 Å². The smallest absolute Gasteiger partial charge is 0.0936 e. The van der Waals surface area contributed by atoms with Crippen molar-refractivity contribution < 1.29 is 9.84 Å². The Morgan fingerprint density at radius 2 is 2.12 bits per heavy atom. The fraction of sp³-hybridized carbons (Fsp3) is 0.857. The van der Waals surface area contributed by atoms with E-state index in [1.165, 1.54) is 0 Å². The fourth-order valence-electron chi connectivity index (χ4n) is 2.58. The van der Waals surface area contributed by atoms with E-state index >= 15 is 0 Å². The van der Waals surface area contributed by atoms with Gasteiger partial charge < -0.3 is 9.84 Å². The standard InChI is InChI=1S/C14H24O2/c1-4-5-6-7-13(15)14(16-3)10-8-12(2)9-11-14/h1,12-13,15H,5-11H2,2-3H3. The molecule has 1 aliphatic carbocycles. The zero-order valence-electron chi connectivity index (χ0n) is 10.5. The second-order valence-corrected chi connectivity index (χ2v) is 5.06. The molecule has 0 spiro atoms. The first-order valence-corrected chi connectivity index (χ1v) is 6.31. The Labute approximate surface area is 99.4 Å². The molecule has 0 bridgehead atoms. The van der Waals surface area contributed by atoms with Gasteiger partial charge >= 0.3 is 0 Å². The summed E-state index contributed by atoms with van der Waals surface area (Å²) in [6, 6.07) is 0. The van der Waals surface area contributed by atoms with E-state index in [0.29, 0.717) is 0 Å². The van der Waals surface area contributed by atoms with Crippen LogP contribution in [0.2, 0.25) is 0 Å². The Morgan fingerprint density at radius 3 is 2.62 bits per heavy atom. The summed E-state index contributed by atoms with van der Waals surface area (Å²) in [7, 11) is 1.72. The third-order valence-electron chi connectivity index (χ3n) is 3.93. The van der Waals surface area contributed by atoms with Crippen LogP contribution in [-0.2, 0) is 4.74 Å². The number of terminal acetylenes is 1. The first-order valence-electron chi connectivity index (χ1n) is 6.31. The van der Waals surface area contributed by atoms with Gasteiger partial charge in [0, 0.05) is 13.5 Å². The van der Waals surface area contributed by atoms with Crippen molar-refractivity contribution in [2.75, 3.05) is 7.11 Å². The molecule has 0 heterocycles. The summed E-state index contributed by atoms with van der Waals surface area (Å²) in [4.78, 5) is 0. The number of aliphatic hydroxyl groups is 1. The average molecular weight is 224 g/mol. The average Bonchev–Trinajstić information content (AvgIpc) is 2.31. The van der Waals surface area contributed by atoms with Crippen LogP contribution in [0, 0.1) is 18.3 Å². The lowest BCUT2D eigenvalue weighted by molar-refractivity contribution is -0.130. The zero-order chi connectivity index (χ0) is 12.0.